The van der Waals surface area contributed by atoms with Crippen LogP contribution in [0.15, 0.2) is 41.1 Å². The number of rotatable bonds is 3. The molecule has 4 rings (SSSR count). The lowest BCUT2D eigenvalue weighted by molar-refractivity contribution is 0.0987. The smallest absolute Gasteiger partial charge is 0.295 e. The molecule has 1 aromatic carbocycles. The summed E-state index contributed by atoms with van der Waals surface area (Å²) in [5, 5.41) is 11.9. The number of para-hydroxylation sites is 1. The van der Waals surface area contributed by atoms with E-state index < -0.39 is 5.91 Å². The maximum atomic E-state index is 12.2. The molecule has 3 heterocycles. The van der Waals surface area contributed by atoms with Crippen LogP contribution >= 0.6 is 22.9 Å². The summed E-state index contributed by atoms with van der Waals surface area (Å²) in [5.74, 6) is 0.199. The number of hydrogen-bond acceptors (Lipinski definition) is 6. The Morgan fingerprint density at radius 3 is 3.00 bits per heavy atom. The minimum Gasteiger partial charge on any atom is -0.351 e. The van der Waals surface area contributed by atoms with Crippen molar-refractivity contribution in [2.24, 2.45) is 0 Å². The summed E-state index contributed by atoms with van der Waals surface area (Å²) in [6, 6.07) is 8.83. The highest BCUT2D eigenvalue weighted by molar-refractivity contribution is 7.20. The quantitative estimate of drug-likeness (QED) is 0.603. The summed E-state index contributed by atoms with van der Waals surface area (Å²) in [4.78, 5) is 16.7. The number of halogens is 1. The molecule has 0 atom stereocenters. The van der Waals surface area contributed by atoms with Gasteiger partial charge in [-0.05, 0) is 19.1 Å². The normalized spacial score (nSPS) is 11.1. The van der Waals surface area contributed by atoms with Crippen molar-refractivity contribution >= 4 is 44.9 Å². The van der Waals surface area contributed by atoms with E-state index in [4.69, 9.17) is 16.1 Å². The molecule has 4 aromatic rings. The SMILES string of the molecule is Cc1cc(NC(=O)c2ccno2)n(-c2nc3c(Cl)cccc3s2)n1. The van der Waals surface area contributed by atoms with Crippen LogP contribution in [0.4, 0.5) is 5.82 Å². The maximum absolute atomic E-state index is 12.2. The molecule has 24 heavy (non-hydrogen) atoms. The first kappa shape index (κ1) is 14.9. The first-order valence-electron chi connectivity index (χ1n) is 6.96. The number of aryl methyl sites for hydroxylation is 1. The average Bonchev–Trinajstić information content (AvgIpc) is 3.26. The molecule has 0 spiro atoms. The fraction of sp³-hybridized carbons (Fsp3) is 0.0667. The third kappa shape index (κ3) is 2.55. The van der Waals surface area contributed by atoms with E-state index in [2.05, 4.69) is 20.6 Å². The second-order valence-electron chi connectivity index (χ2n) is 5.00. The van der Waals surface area contributed by atoms with Gasteiger partial charge in [-0.1, -0.05) is 34.2 Å². The van der Waals surface area contributed by atoms with Crippen LogP contribution in [-0.4, -0.2) is 25.8 Å². The zero-order valence-corrected chi connectivity index (χ0v) is 13.9. The molecule has 0 radical (unpaired) electrons. The van der Waals surface area contributed by atoms with Gasteiger partial charge in [-0.3, -0.25) is 4.79 Å². The summed E-state index contributed by atoms with van der Waals surface area (Å²) in [7, 11) is 0. The van der Waals surface area contributed by atoms with Crippen LogP contribution in [0.1, 0.15) is 16.2 Å². The van der Waals surface area contributed by atoms with Crippen LogP contribution in [0.5, 0.6) is 0 Å². The zero-order chi connectivity index (χ0) is 16.7. The lowest BCUT2D eigenvalue weighted by atomic mass is 10.3. The van der Waals surface area contributed by atoms with Gasteiger partial charge in [-0.15, -0.1) is 0 Å². The molecular weight excluding hydrogens is 350 g/mol. The number of nitrogens with one attached hydrogen (secondary N) is 1. The highest BCUT2D eigenvalue weighted by Gasteiger charge is 2.17. The monoisotopic (exact) mass is 359 g/mol. The van der Waals surface area contributed by atoms with Gasteiger partial charge in [0.2, 0.25) is 10.9 Å². The van der Waals surface area contributed by atoms with Gasteiger partial charge >= 0.3 is 0 Å². The average molecular weight is 360 g/mol. The lowest BCUT2D eigenvalue weighted by Crippen LogP contribution is -2.14. The Hall–Kier alpha value is -2.71. The van der Waals surface area contributed by atoms with Gasteiger partial charge in [0.1, 0.15) is 11.3 Å². The van der Waals surface area contributed by atoms with Crippen molar-refractivity contribution in [3.05, 3.63) is 53.0 Å². The van der Waals surface area contributed by atoms with Gasteiger partial charge in [-0.25, -0.2) is 4.98 Å². The molecule has 0 saturated carbocycles. The Bertz CT molecular complexity index is 1040. The van der Waals surface area contributed by atoms with Crippen LogP contribution in [-0.2, 0) is 0 Å². The van der Waals surface area contributed by atoms with E-state index in [1.54, 1.807) is 16.8 Å². The standard InChI is InChI=1S/C15H10ClN5O2S/c1-8-7-12(18-14(22)10-5-6-17-23-10)21(20-8)15-19-13-9(16)3-2-4-11(13)24-15/h2-7H,1H3,(H,18,22). The van der Waals surface area contributed by atoms with Crippen LogP contribution in [0.3, 0.4) is 0 Å². The first-order chi connectivity index (χ1) is 11.6. The third-order valence-electron chi connectivity index (χ3n) is 3.27. The molecule has 0 aliphatic rings. The highest BCUT2D eigenvalue weighted by atomic mass is 35.5. The second kappa shape index (κ2) is 5.73. The number of aromatic nitrogens is 4. The number of carbonyl (C=O) groups excluding carboxylic acids is 1. The summed E-state index contributed by atoms with van der Waals surface area (Å²) in [6.07, 6.45) is 1.41. The number of thiazole rings is 1. The van der Waals surface area contributed by atoms with Crippen molar-refractivity contribution in [1.29, 1.82) is 0 Å². The molecule has 0 saturated heterocycles. The maximum Gasteiger partial charge on any atom is 0.295 e. The van der Waals surface area contributed by atoms with Gasteiger partial charge in [0.05, 0.1) is 21.6 Å². The van der Waals surface area contributed by atoms with E-state index in [9.17, 15) is 4.79 Å². The number of benzene rings is 1. The van der Waals surface area contributed by atoms with E-state index in [0.717, 1.165) is 10.4 Å². The van der Waals surface area contributed by atoms with Gasteiger partial charge in [0.25, 0.3) is 5.91 Å². The molecule has 0 fully saturated rings. The zero-order valence-electron chi connectivity index (χ0n) is 12.4. The van der Waals surface area contributed by atoms with Crippen molar-refractivity contribution < 1.29 is 9.32 Å². The molecule has 7 nitrogen and oxygen atoms in total. The van der Waals surface area contributed by atoms with E-state index >= 15 is 0 Å². The van der Waals surface area contributed by atoms with E-state index in [0.29, 0.717) is 21.5 Å². The summed E-state index contributed by atoms with van der Waals surface area (Å²) >= 11 is 7.61. The van der Waals surface area contributed by atoms with Crippen molar-refractivity contribution in [1.82, 2.24) is 19.9 Å². The van der Waals surface area contributed by atoms with Crippen LogP contribution in [0.25, 0.3) is 15.3 Å². The number of hydrogen-bond donors (Lipinski definition) is 1. The summed E-state index contributed by atoms with van der Waals surface area (Å²) in [5.41, 5.74) is 1.45. The minimum atomic E-state index is -0.409. The Morgan fingerprint density at radius 1 is 1.38 bits per heavy atom. The molecule has 0 aliphatic carbocycles. The van der Waals surface area contributed by atoms with Crippen molar-refractivity contribution in [3.8, 4) is 5.13 Å². The molecule has 0 unspecified atom stereocenters. The number of amides is 1. The summed E-state index contributed by atoms with van der Waals surface area (Å²) < 4.78 is 7.38. The number of fused-ring (bicyclic) bond motifs is 1. The Kier molecular flexibility index (Phi) is 3.55. The van der Waals surface area contributed by atoms with E-state index in [1.165, 1.54) is 23.6 Å². The van der Waals surface area contributed by atoms with E-state index in [1.807, 2.05) is 19.1 Å². The number of anilines is 1. The topological polar surface area (TPSA) is 85.8 Å². The van der Waals surface area contributed by atoms with Gasteiger partial charge in [0, 0.05) is 12.1 Å². The molecule has 3 aromatic heterocycles. The molecular formula is C15H10ClN5O2S. The molecule has 1 N–H and O–H groups in total. The van der Waals surface area contributed by atoms with Crippen molar-refractivity contribution in [2.75, 3.05) is 5.32 Å². The van der Waals surface area contributed by atoms with Crippen LogP contribution < -0.4 is 5.32 Å². The van der Waals surface area contributed by atoms with Crippen molar-refractivity contribution in [2.45, 2.75) is 6.92 Å². The molecule has 9 heteroatoms. The predicted octanol–water partition coefficient (Wildman–Crippen LogP) is 3.68. The molecule has 120 valence electrons. The first-order valence-corrected chi connectivity index (χ1v) is 8.15. The number of nitrogens with zero attached hydrogens (tertiary/aromatic N) is 4. The molecule has 0 bridgehead atoms. The fourth-order valence-corrected chi connectivity index (χ4v) is 3.47. The molecule has 0 aliphatic heterocycles. The fourth-order valence-electron chi connectivity index (χ4n) is 2.24. The van der Waals surface area contributed by atoms with Crippen LogP contribution in [0.2, 0.25) is 5.02 Å². The van der Waals surface area contributed by atoms with Crippen molar-refractivity contribution in [3.63, 3.8) is 0 Å². The number of carbonyl (C=O) groups is 1. The third-order valence-corrected chi connectivity index (χ3v) is 4.58. The predicted molar refractivity (Wildman–Crippen MR) is 90.9 cm³/mol. The Balaban J connectivity index is 1.75. The Morgan fingerprint density at radius 2 is 2.25 bits per heavy atom. The Labute approximate surface area is 144 Å². The highest BCUT2D eigenvalue weighted by Crippen LogP contribution is 2.31. The van der Waals surface area contributed by atoms with E-state index in [-0.39, 0.29) is 5.76 Å². The summed E-state index contributed by atoms with van der Waals surface area (Å²) in [6.45, 7) is 1.83. The minimum absolute atomic E-state index is 0.118. The second-order valence-corrected chi connectivity index (χ2v) is 6.41. The van der Waals surface area contributed by atoms with Gasteiger partial charge in [0.15, 0.2) is 0 Å². The lowest BCUT2D eigenvalue weighted by Gasteiger charge is -2.04. The van der Waals surface area contributed by atoms with Gasteiger partial charge < -0.3 is 9.84 Å². The van der Waals surface area contributed by atoms with Crippen LogP contribution in [0, 0.1) is 6.92 Å². The molecule has 1 amide bonds. The van der Waals surface area contributed by atoms with Gasteiger partial charge in [-0.2, -0.15) is 9.78 Å². The largest absolute Gasteiger partial charge is 0.351 e.